The van der Waals surface area contributed by atoms with Crippen molar-refractivity contribution in [3.05, 3.63) is 0 Å². The molecule has 0 aromatic carbocycles. The number of hydrogen-bond donors (Lipinski definition) is 0. The van der Waals surface area contributed by atoms with Crippen LogP contribution in [-0.2, 0) is 10.1 Å². The van der Waals surface area contributed by atoms with Crippen molar-refractivity contribution in [2.75, 3.05) is 26.2 Å². The van der Waals surface area contributed by atoms with Crippen molar-refractivity contribution in [2.45, 2.75) is 201 Å². The first-order valence-corrected chi connectivity index (χ1v) is 19.5. The molecule has 0 aromatic heterocycles. The van der Waals surface area contributed by atoms with Gasteiger partial charge in [-0.2, -0.15) is 0 Å². The minimum atomic E-state index is -4.90. The maximum atomic E-state index is 14.9. The van der Waals surface area contributed by atoms with Gasteiger partial charge < -0.3 is 9.04 Å². The van der Waals surface area contributed by atoms with E-state index in [0.29, 0.717) is 12.8 Å². The van der Waals surface area contributed by atoms with Crippen LogP contribution in [0.3, 0.4) is 0 Å². The summed E-state index contributed by atoms with van der Waals surface area (Å²) in [5.74, 6) is 0. The normalized spacial score (nSPS) is 13.6. The van der Waals surface area contributed by atoms with E-state index in [1.165, 1.54) is 108 Å². The number of quaternary nitrogens is 1. The van der Waals surface area contributed by atoms with Gasteiger partial charge in [-0.1, -0.05) is 142 Å². The van der Waals surface area contributed by atoms with Crippen molar-refractivity contribution in [2.24, 2.45) is 0 Å². The summed E-state index contributed by atoms with van der Waals surface area (Å²) in [4.78, 5) is 0. The fraction of sp³-hybridized carbons (Fsp3) is 1.00. The van der Waals surface area contributed by atoms with E-state index in [-0.39, 0.29) is 12.8 Å². The molecule has 0 saturated heterocycles. The molecule has 0 aliphatic heterocycles. The quantitative estimate of drug-likeness (QED) is 0.0483. The third-order valence-electron chi connectivity index (χ3n) is 9.44. The second-order valence-electron chi connectivity index (χ2n) is 12.5. The second kappa shape index (κ2) is 28.6. The summed E-state index contributed by atoms with van der Waals surface area (Å²) in [5.41, 5.74) is 0. The molecule has 0 radical (unpaired) electrons. The third kappa shape index (κ3) is 23.9. The van der Waals surface area contributed by atoms with Crippen LogP contribution in [0.15, 0.2) is 0 Å². The molecule has 0 spiro atoms. The van der Waals surface area contributed by atoms with Crippen LogP contribution in [0.5, 0.6) is 0 Å². The van der Waals surface area contributed by atoms with E-state index in [1.807, 2.05) is 0 Å². The monoisotopic (exact) mass is 608 g/mol. The first-order chi connectivity index (χ1) is 19.6. The molecule has 1 atom stereocenters. The number of nitrogens with zero attached hydrogens (tertiary/aromatic N) is 1. The van der Waals surface area contributed by atoms with Gasteiger partial charge in [-0.15, -0.1) is 0 Å². The summed E-state index contributed by atoms with van der Waals surface area (Å²) in [5, 5.41) is -2.56. The SMILES string of the molecule is CCCCCCCCCCCCCCCCCCC(F)(CCCCCCCC)S(=O)(=O)[O-].CC[N+](CC)(CC)CC. The topological polar surface area (TPSA) is 57.2 Å². The van der Waals surface area contributed by atoms with E-state index in [4.69, 9.17) is 0 Å². The highest BCUT2D eigenvalue weighted by atomic mass is 32.2. The van der Waals surface area contributed by atoms with Gasteiger partial charge in [0.1, 0.15) is 10.1 Å². The molecule has 4 nitrogen and oxygen atoms in total. The summed E-state index contributed by atoms with van der Waals surface area (Å²) in [7, 11) is -4.90. The molecule has 41 heavy (non-hydrogen) atoms. The van der Waals surface area contributed by atoms with E-state index >= 15 is 0 Å². The van der Waals surface area contributed by atoms with Crippen molar-refractivity contribution in [3.63, 3.8) is 0 Å². The van der Waals surface area contributed by atoms with Crippen molar-refractivity contribution < 1.29 is 21.8 Å². The highest BCUT2D eigenvalue weighted by Gasteiger charge is 2.36. The predicted octanol–water partition coefficient (Wildman–Crippen LogP) is 11.5. The minimum Gasteiger partial charge on any atom is -0.745 e. The van der Waals surface area contributed by atoms with Crippen LogP contribution in [0.1, 0.15) is 196 Å². The van der Waals surface area contributed by atoms with Gasteiger partial charge >= 0.3 is 0 Å². The van der Waals surface area contributed by atoms with E-state index in [2.05, 4.69) is 41.5 Å². The number of unbranched alkanes of at least 4 members (excludes halogenated alkanes) is 20. The van der Waals surface area contributed by atoms with Gasteiger partial charge in [-0.3, -0.25) is 0 Å². The van der Waals surface area contributed by atoms with Crippen LogP contribution in [0.4, 0.5) is 4.39 Å². The van der Waals surface area contributed by atoms with Gasteiger partial charge in [0.25, 0.3) is 0 Å². The number of alkyl halides is 1. The Labute approximate surface area is 258 Å². The van der Waals surface area contributed by atoms with Gasteiger partial charge in [-0.05, 0) is 53.4 Å². The molecule has 0 aliphatic rings. The minimum absolute atomic E-state index is 0.133. The number of rotatable bonds is 29. The molecule has 0 bridgehead atoms. The maximum absolute atomic E-state index is 14.9. The molecule has 0 N–H and O–H groups in total. The van der Waals surface area contributed by atoms with Gasteiger partial charge in [-0.25, -0.2) is 12.8 Å². The highest BCUT2D eigenvalue weighted by molar-refractivity contribution is 7.87. The van der Waals surface area contributed by atoms with Gasteiger partial charge in [0.05, 0.1) is 26.2 Å². The van der Waals surface area contributed by atoms with E-state index in [0.717, 1.165) is 51.4 Å². The number of hydrogen-bond acceptors (Lipinski definition) is 3. The lowest BCUT2D eigenvalue weighted by Crippen LogP contribution is -2.47. The molecule has 0 saturated carbocycles. The Balaban J connectivity index is 0. The molecule has 250 valence electrons. The second-order valence-corrected chi connectivity index (χ2v) is 14.2. The van der Waals surface area contributed by atoms with Crippen molar-refractivity contribution in [3.8, 4) is 0 Å². The molecule has 0 aromatic rings. The summed E-state index contributed by atoms with van der Waals surface area (Å²) < 4.78 is 50.6. The van der Waals surface area contributed by atoms with E-state index < -0.39 is 15.1 Å². The average Bonchev–Trinajstić information content (AvgIpc) is 2.96. The zero-order valence-corrected chi connectivity index (χ0v) is 29.6. The summed E-state index contributed by atoms with van der Waals surface area (Å²) in [6.45, 7) is 18.6. The lowest BCUT2D eigenvalue weighted by molar-refractivity contribution is -0.921. The summed E-state index contributed by atoms with van der Waals surface area (Å²) in [6.07, 6.45) is 24.9. The first-order valence-electron chi connectivity index (χ1n) is 18.1. The average molecular weight is 608 g/mol. The molecule has 0 fully saturated rings. The van der Waals surface area contributed by atoms with Crippen LogP contribution in [0.2, 0.25) is 0 Å². The van der Waals surface area contributed by atoms with Gasteiger partial charge in [0.15, 0.2) is 5.00 Å². The standard InChI is InChI=1S/C27H55FO3S.C8H20N/c1-3-5-7-9-11-12-13-14-15-16-17-18-19-20-22-24-26-27(28,32(29,30)31)25-23-21-10-8-6-4-2;1-5-9(6-2,7-3)8-4/h3-26H2,1-2H3,(H,29,30,31);5-8H2,1-4H3/q;+1/p-1. The van der Waals surface area contributed by atoms with Crippen molar-refractivity contribution >= 4 is 10.1 Å². The molecule has 0 amide bonds. The van der Waals surface area contributed by atoms with Crippen molar-refractivity contribution in [1.29, 1.82) is 0 Å². The molecule has 0 heterocycles. The van der Waals surface area contributed by atoms with Crippen LogP contribution in [0.25, 0.3) is 0 Å². The molecule has 0 aliphatic carbocycles. The lowest BCUT2D eigenvalue weighted by Gasteiger charge is -2.34. The van der Waals surface area contributed by atoms with E-state index in [1.54, 1.807) is 0 Å². The zero-order chi connectivity index (χ0) is 31.3. The fourth-order valence-electron chi connectivity index (χ4n) is 5.82. The summed E-state index contributed by atoms with van der Waals surface area (Å²) in [6, 6.07) is 0. The van der Waals surface area contributed by atoms with Crippen LogP contribution >= 0.6 is 0 Å². The fourth-order valence-corrected chi connectivity index (χ4v) is 6.61. The molecular formula is C35H74FNO3S. The Morgan fingerprint density at radius 1 is 0.463 bits per heavy atom. The van der Waals surface area contributed by atoms with Crippen molar-refractivity contribution in [1.82, 2.24) is 0 Å². The molecule has 1 unspecified atom stereocenters. The Morgan fingerprint density at radius 3 is 0.854 bits per heavy atom. The Kier molecular flexibility index (Phi) is 29.9. The summed E-state index contributed by atoms with van der Waals surface area (Å²) >= 11 is 0. The van der Waals surface area contributed by atoms with Gasteiger partial charge in [0.2, 0.25) is 0 Å². The smallest absolute Gasteiger partial charge is 0.199 e. The van der Waals surface area contributed by atoms with Crippen LogP contribution in [0, 0.1) is 0 Å². The van der Waals surface area contributed by atoms with E-state index in [9.17, 15) is 17.4 Å². The number of halogens is 1. The van der Waals surface area contributed by atoms with Crippen LogP contribution < -0.4 is 0 Å². The predicted molar refractivity (Wildman–Crippen MR) is 178 cm³/mol. The molecule has 6 heteroatoms. The maximum Gasteiger partial charge on any atom is 0.199 e. The first kappa shape index (κ1) is 42.9. The molecular weight excluding hydrogens is 533 g/mol. The van der Waals surface area contributed by atoms with Gasteiger partial charge in [0, 0.05) is 0 Å². The Morgan fingerprint density at radius 2 is 0.683 bits per heavy atom. The largest absolute Gasteiger partial charge is 0.745 e. The highest BCUT2D eigenvalue weighted by Crippen LogP contribution is 2.32. The lowest BCUT2D eigenvalue weighted by atomic mass is 10.0. The Hall–Kier alpha value is -0.200. The Bertz CT molecular complexity index is 622. The van der Waals surface area contributed by atoms with Crippen LogP contribution in [-0.4, -0.2) is 48.6 Å². The third-order valence-corrected chi connectivity index (χ3v) is 10.7. The molecule has 0 rings (SSSR count). The zero-order valence-electron chi connectivity index (χ0n) is 28.8.